The summed E-state index contributed by atoms with van der Waals surface area (Å²) in [7, 11) is 0. The van der Waals surface area contributed by atoms with Crippen molar-refractivity contribution >= 4 is 0 Å². The van der Waals surface area contributed by atoms with E-state index in [0.717, 1.165) is 6.54 Å². The molecule has 0 heterocycles. The molecule has 0 radical (unpaired) electrons. The third kappa shape index (κ3) is 1.20. The van der Waals surface area contributed by atoms with Crippen LogP contribution in [0.4, 0.5) is 0 Å². The Balaban J connectivity index is 2.68. The van der Waals surface area contributed by atoms with Crippen molar-refractivity contribution in [3.8, 4) is 0 Å². The molecule has 0 amide bonds. The molecule has 0 unspecified atom stereocenters. The molecule has 1 rings (SSSR count). The Kier molecular flexibility index (Phi) is 2.29. The van der Waals surface area contributed by atoms with Crippen molar-refractivity contribution in [3.05, 3.63) is 0 Å². The van der Waals surface area contributed by atoms with Gasteiger partial charge in [-0.15, -0.1) is 0 Å². The fourth-order valence-electron chi connectivity index (χ4n) is 2.33. The molecular weight excluding hydrogens is 134 g/mol. The Labute approximate surface area is 70.4 Å². The molecule has 11 heavy (non-hydrogen) atoms. The maximum absolute atomic E-state index is 5.78. The lowest BCUT2D eigenvalue weighted by Crippen LogP contribution is -2.47. The number of rotatable bonds is 3. The molecule has 0 atom stereocenters. The first kappa shape index (κ1) is 9.05. The van der Waals surface area contributed by atoms with E-state index >= 15 is 0 Å². The quantitative estimate of drug-likeness (QED) is 0.666. The Morgan fingerprint density at radius 1 is 1.36 bits per heavy atom. The maximum Gasteiger partial charge on any atom is -0.00205 e. The van der Waals surface area contributed by atoms with Crippen LogP contribution in [-0.2, 0) is 0 Å². The highest BCUT2D eigenvalue weighted by atomic mass is 14.6. The molecule has 1 saturated carbocycles. The topological polar surface area (TPSA) is 26.0 Å². The van der Waals surface area contributed by atoms with Crippen LogP contribution in [-0.4, -0.2) is 6.54 Å². The second-order valence-electron chi connectivity index (χ2n) is 4.58. The standard InChI is InChI=1S/C10H21N/c1-4-10(6-5-7-10)9(2,3)8-11/h4-8,11H2,1-3H3. The molecule has 0 aromatic heterocycles. The normalized spacial score (nSPS) is 22.9. The highest BCUT2D eigenvalue weighted by Gasteiger charge is 2.46. The van der Waals surface area contributed by atoms with Gasteiger partial charge in [0.25, 0.3) is 0 Å². The van der Waals surface area contributed by atoms with E-state index in [2.05, 4.69) is 20.8 Å². The van der Waals surface area contributed by atoms with Crippen LogP contribution in [0.1, 0.15) is 46.5 Å². The predicted molar refractivity (Wildman–Crippen MR) is 49.4 cm³/mol. The summed E-state index contributed by atoms with van der Waals surface area (Å²) in [5.41, 5.74) is 6.72. The van der Waals surface area contributed by atoms with Gasteiger partial charge in [0.2, 0.25) is 0 Å². The molecule has 0 aliphatic heterocycles. The Morgan fingerprint density at radius 2 is 1.91 bits per heavy atom. The first-order valence-corrected chi connectivity index (χ1v) is 4.78. The molecule has 0 bridgehead atoms. The van der Waals surface area contributed by atoms with Crippen LogP contribution in [0.15, 0.2) is 0 Å². The van der Waals surface area contributed by atoms with Gasteiger partial charge in [-0.2, -0.15) is 0 Å². The van der Waals surface area contributed by atoms with Crippen molar-refractivity contribution < 1.29 is 0 Å². The molecule has 1 nitrogen and oxygen atoms in total. The Hall–Kier alpha value is -0.0400. The highest BCUT2D eigenvalue weighted by Crippen LogP contribution is 2.55. The minimum atomic E-state index is 0.361. The van der Waals surface area contributed by atoms with Crippen LogP contribution >= 0.6 is 0 Å². The van der Waals surface area contributed by atoms with Crippen molar-refractivity contribution in [2.24, 2.45) is 16.6 Å². The van der Waals surface area contributed by atoms with Crippen molar-refractivity contribution in [2.45, 2.75) is 46.5 Å². The summed E-state index contributed by atoms with van der Waals surface area (Å²) in [6.07, 6.45) is 5.51. The summed E-state index contributed by atoms with van der Waals surface area (Å²) in [6.45, 7) is 7.77. The summed E-state index contributed by atoms with van der Waals surface area (Å²) >= 11 is 0. The lowest BCUT2D eigenvalue weighted by atomic mass is 9.53. The Bertz CT molecular complexity index is 128. The largest absolute Gasteiger partial charge is 0.330 e. The summed E-state index contributed by atoms with van der Waals surface area (Å²) in [6, 6.07) is 0. The van der Waals surface area contributed by atoms with Crippen LogP contribution in [0.25, 0.3) is 0 Å². The molecule has 0 aromatic rings. The van der Waals surface area contributed by atoms with Gasteiger partial charge in [-0.3, -0.25) is 0 Å². The number of hydrogen-bond acceptors (Lipinski definition) is 1. The van der Waals surface area contributed by atoms with E-state index < -0.39 is 0 Å². The molecule has 2 N–H and O–H groups in total. The van der Waals surface area contributed by atoms with Crippen LogP contribution in [0.2, 0.25) is 0 Å². The van der Waals surface area contributed by atoms with E-state index in [1.54, 1.807) is 0 Å². The van der Waals surface area contributed by atoms with E-state index in [9.17, 15) is 0 Å². The second kappa shape index (κ2) is 2.78. The van der Waals surface area contributed by atoms with Gasteiger partial charge in [-0.1, -0.05) is 27.2 Å². The second-order valence-corrected chi connectivity index (χ2v) is 4.58. The molecule has 1 heteroatoms. The zero-order chi connectivity index (χ0) is 8.54. The van der Waals surface area contributed by atoms with E-state index in [1.165, 1.54) is 25.7 Å². The van der Waals surface area contributed by atoms with Gasteiger partial charge in [0, 0.05) is 0 Å². The molecular formula is C10H21N. The average Bonchev–Trinajstić information content (AvgIpc) is 1.86. The smallest absolute Gasteiger partial charge is 0.00205 e. The zero-order valence-corrected chi connectivity index (χ0v) is 8.11. The molecule has 1 fully saturated rings. The molecule has 0 saturated heterocycles. The third-order valence-electron chi connectivity index (χ3n) is 3.93. The van der Waals surface area contributed by atoms with Crippen LogP contribution in [0, 0.1) is 10.8 Å². The zero-order valence-electron chi connectivity index (χ0n) is 8.11. The third-order valence-corrected chi connectivity index (χ3v) is 3.93. The average molecular weight is 155 g/mol. The first-order chi connectivity index (χ1) is 5.08. The monoisotopic (exact) mass is 155 g/mol. The van der Waals surface area contributed by atoms with E-state index in [1.807, 2.05) is 0 Å². The van der Waals surface area contributed by atoms with Gasteiger partial charge >= 0.3 is 0 Å². The van der Waals surface area contributed by atoms with Gasteiger partial charge in [0.1, 0.15) is 0 Å². The Morgan fingerprint density at radius 3 is 2.00 bits per heavy atom. The summed E-state index contributed by atoms with van der Waals surface area (Å²) < 4.78 is 0. The van der Waals surface area contributed by atoms with Gasteiger partial charge in [-0.25, -0.2) is 0 Å². The van der Waals surface area contributed by atoms with E-state index in [-0.39, 0.29) is 0 Å². The van der Waals surface area contributed by atoms with Gasteiger partial charge in [-0.05, 0) is 36.6 Å². The highest BCUT2D eigenvalue weighted by molar-refractivity contribution is 4.98. The number of nitrogens with two attached hydrogens (primary N) is 1. The fraction of sp³-hybridized carbons (Fsp3) is 1.00. The van der Waals surface area contributed by atoms with Crippen molar-refractivity contribution in [1.82, 2.24) is 0 Å². The molecule has 1 aliphatic rings. The minimum absolute atomic E-state index is 0.361. The van der Waals surface area contributed by atoms with Crippen molar-refractivity contribution in [3.63, 3.8) is 0 Å². The molecule has 66 valence electrons. The molecule has 0 aromatic carbocycles. The van der Waals surface area contributed by atoms with Gasteiger partial charge in [0.15, 0.2) is 0 Å². The minimum Gasteiger partial charge on any atom is -0.330 e. The van der Waals surface area contributed by atoms with E-state index in [0.29, 0.717) is 10.8 Å². The SMILES string of the molecule is CCC1(C(C)(C)CN)CCC1. The van der Waals surface area contributed by atoms with Crippen LogP contribution in [0.5, 0.6) is 0 Å². The lowest BCUT2D eigenvalue weighted by molar-refractivity contribution is -0.0137. The maximum atomic E-state index is 5.78. The van der Waals surface area contributed by atoms with Gasteiger partial charge < -0.3 is 5.73 Å². The lowest BCUT2D eigenvalue weighted by Gasteiger charge is -2.52. The van der Waals surface area contributed by atoms with Crippen LogP contribution < -0.4 is 5.73 Å². The number of hydrogen-bond donors (Lipinski definition) is 1. The summed E-state index contributed by atoms with van der Waals surface area (Å²) in [4.78, 5) is 0. The molecule has 0 spiro atoms. The molecule has 1 aliphatic carbocycles. The fourth-order valence-corrected chi connectivity index (χ4v) is 2.33. The van der Waals surface area contributed by atoms with E-state index in [4.69, 9.17) is 5.73 Å². The van der Waals surface area contributed by atoms with Gasteiger partial charge in [0.05, 0.1) is 0 Å². The van der Waals surface area contributed by atoms with Crippen molar-refractivity contribution in [1.29, 1.82) is 0 Å². The van der Waals surface area contributed by atoms with Crippen molar-refractivity contribution in [2.75, 3.05) is 6.54 Å². The summed E-state index contributed by atoms with van der Waals surface area (Å²) in [5.74, 6) is 0. The summed E-state index contributed by atoms with van der Waals surface area (Å²) in [5, 5.41) is 0. The first-order valence-electron chi connectivity index (χ1n) is 4.78. The van der Waals surface area contributed by atoms with Crippen LogP contribution in [0.3, 0.4) is 0 Å². The predicted octanol–water partition coefficient (Wildman–Crippen LogP) is 2.55.